The summed E-state index contributed by atoms with van der Waals surface area (Å²) in [4.78, 5) is 30.7. The molecule has 0 saturated carbocycles. The van der Waals surface area contributed by atoms with Gasteiger partial charge in [-0.1, -0.05) is 6.08 Å². The maximum Gasteiger partial charge on any atom is 0.389 e. The molecule has 12 heteroatoms. The molecule has 2 amide bonds. The fraction of sp³-hybridized carbons (Fsp3) is 0.407. The van der Waals surface area contributed by atoms with Gasteiger partial charge in [0.1, 0.15) is 0 Å². The van der Waals surface area contributed by atoms with Crippen LogP contribution in [0.15, 0.2) is 48.7 Å². The number of halogens is 3. The molecule has 9 nitrogen and oxygen atoms in total. The van der Waals surface area contributed by atoms with Crippen LogP contribution in [0.1, 0.15) is 41.6 Å². The maximum absolute atomic E-state index is 12.5. The first kappa shape index (κ1) is 26.7. The van der Waals surface area contributed by atoms with Gasteiger partial charge in [-0.25, -0.2) is 4.52 Å². The van der Waals surface area contributed by atoms with Crippen molar-refractivity contribution < 1.29 is 22.8 Å². The van der Waals surface area contributed by atoms with E-state index in [-0.39, 0.29) is 12.5 Å². The summed E-state index contributed by atoms with van der Waals surface area (Å²) in [5.74, 6) is 0.249. The van der Waals surface area contributed by atoms with E-state index in [1.165, 1.54) is 4.90 Å². The van der Waals surface area contributed by atoms with E-state index in [1.807, 2.05) is 18.2 Å². The van der Waals surface area contributed by atoms with E-state index in [1.54, 1.807) is 35.0 Å². The zero-order valence-corrected chi connectivity index (χ0v) is 21.3. The molecule has 0 aliphatic carbocycles. The first-order valence-electron chi connectivity index (χ1n) is 13.0. The normalized spacial score (nSPS) is 17.8. The number of rotatable bonds is 8. The van der Waals surface area contributed by atoms with Crippen molar-refractivity contribution in [2.24, 2.45) is 5.92 Å². The second-order valence-corrected chi connectivity index (χ2v) is 9.83. The van der Waals surface area contributed by atoms with Gasteiger partial charge in [0.15, 0.2) is 5.65 Å². The van der Waals surface area contributed by atoms with Crippen LogP contribution < -0.4 is 16.0 Å². The second-order valence-electron chi connectivity index (χ2n) is 9.83. The highest BCUT2D eigenvalue weighted by Gasteiger charge is 2.29. The molecule has 206 valence electrons. The van der Waals surface area contributed by atoms with Crippen molar-refractivity contribution in [2.75, 3.05) is 38.0 Å². The van der Waals surface area contributed by atoms with Crippen LogP contribution in [0.3, 0.4) is 0 Å². The number of nitrogens with one attached hydrogen (secondary N) is 3. The summed E-state index contributed by atoms with van der Waals surface area (Å²) in [7, 11) is 0. The molecule has 39 heavy (non-hydrogen) atoms. The van der Waals surface area contributed by atoms with Crippen LogP contribution in [0.25, 0.3) is 11.2 Å². The highest BCUT2D eigenvalue weighted by molar-refractivity contribution is 5.94. The van der Waals surface area contributed by atoms with Crippen LogP contribution in [-0.2, 0) is 4.79 Å². The van der Waals surface area contributed by atoms with Crippen LogP contribution in [-0.4, -0.2) is 70.2 Å². The second kappa shape index (κ2) is 11.4. The van der Waals surface area contributed by atoms with Gasteiger partial charge in [0.25, 0.3) is 5.91 Å². The predicted octanol–water partition coefficient (Wildman–Crippen LogP) is 3.77. The van der Waals surface area contributed by atoms with Crippen molar-refractivity contribution in [3.8, 4) is 0 Å². The van der Waals surface area contributed by atoms with E-state index in [0.717, 1.165) is 36.3 Å². The Morgan fingerprint density at radius 2 is 1.97 bits per heavy atom. The number of hydrogen-bond donors (Lipinski definition) is 3. The van der Waals surface area contributed by atoms with Crippen LogP contribution >= 0.6 is 0 Å². The minimum atomic E-state index is -4.34. The Balaban J connectivity index is 1.22. The van der Waals surface area contributed by atoms with Crippen LogP contribution in [0.4, 0.5) is 24.8 Å². The lowest BCUT2D eigenvalue weighted by molar-refractivity contribution is -0.148. The zero-order valence-electron chi connectivity index (χ0n) is 21.3. The predicted molar refractivity (Wildman–Crippen MR) is 140 cm³/mol. The van der Waals surface area contributed by atoms with Crippen LogP contribution in [0, 0.1) is 5.92 Å². The van der Waals surface area contributed by atoms with Gasteiger partial charge in [-0.3, -0.25) is 9.59 Å². The zero-order chi connectivity index (χ0) is 27.4. The van der Waals surface area contributed by atoms with Gasteiger partial charge in [-0.05, 0) is 73.8 Å². The van der Waals surface area contributed by atoms with Gasteiger partial charge in [0, 0.05) is 49.1 Å². The molecule has 3 aromatic rings. The van der Waals surface area contributed by atoms with Crippen molar-refractivity contribution in [1.82, 2.24) is 30.1 Å². The third-order valence-electron chi connectivity index (χ3n) is 7.01. The van der Waals surface area contributed by atoms with E-state index < -0.39 is 24.9 Å². The molecule has 5 rings (SSSR count). The van der Waals surface area contributed by atoms with Crippen molar-refractivity contribution in [1.29, 1.82) is 0 Å². The van der Waals surface area contributed by atoms with Crippen molar-refractivity contribution in [2.45, 2.75) is 31.9 Å². The van der Waals surface area contributed by atoms with E-state index in [2.05, 4.69) is 26.0 Å². The standard InChI is InChI=1S/C27H30F3N7O2/c28-27(29,30)11-7-23(38)36-14-9-19(10-15-36)22-2-1-13-37-24(22)34-26(35-37)33-21-5-3-20(4-6-21)25(39)32-17-18-8-12-31-16-18/h1-6,9,13,18,31H,7-8,10-12,14-17H2,(H,32,39)(H,33,35). The smallest absolute Gasteiger partial charge is 0.352 e. The highest BCUT2D eigenvalue weighted by Crippen LogP contribution is 2.28. The number of pyridine rings is 1. The largest absolute Gasteiger partial charge is 0.389 e. The number of carbonyl (C=O) groups excluding carboxylic acids is 2. The lowest BCUT2D eigenvalue weighted by atomic mass is 10.00. The average molecular weight is 542 g/mol. The Labute approximate surface area is 223 Å². The molecule has 1 atom stereocenters. The topological polar surface area (TPSA) is 104 Å². The number of nitrogens with zero attached hydrogens (tertiary/aromatic N) is 4. The minimum absolute atomic E-state index is 0.106. The number of aromatic nitrogens is 3. The number of anilines is 2. The summed E-state index contributed by atoms with van der Waals surface area (Å²) >= 11 is 0. The van der Waals surface area contributed by atoms with E-state index in [9.17, 15) is 22.8 Å². The van der Waals surface area contributed by atoms with Crippen molar-refractivity contribution >= 4 is 34.7 Å². The number of benzene rings is 1. The van der Waals surface area contributed by atoms with Gasteiger partial charge in [0.05, 0.1) is 6.42 Å². The van der Waals surface area contributed by atoms with E-state index >= 15 is 0 Å². The van der Waals surface area contributed by atoms with Crippen LogP contribution in [0.5, 0.6) is 0 Å². The SMILES string of the molecule is O=C(NCC1CCNC1)c1ccc(Nc2nc3c(C4=CCN(C(=O)CCC(F)(F)F)CC4)cccn3n2)cc1. The number of amides is 2. The average Bonchev–Trinajstić information content (AvgIpc) is 3.60. The molecular formula is C27H30F3N7O2. The highest BCUT2D eigenvalue weighted by atomic mass is 19.4. The van der Waals surface area contributed by atoms with Crippen molar-refractivity contribution in [3.63, 3.8) is 0 Å². The molecular weight excluding hydrogens is 511 g/mol. The summed E-state index contributed by atoms with van der Waals surface area (Å²) in [5, 5.41) is 13.9. The minimum Gasteiger partial charge on any atom is -0.352 e. The molecule has 3 N–H and O–H groups in total. The molecule has 1 saturated heterocycles. The van der Waals surface area contributed by atoms with Gasteiger partial charge in [-0.2, -0.15) is 18.2 Å². The summed E-state index contributed by atoms with van der Waals surface area (Å²) in [6, 6.07) is 10.9. The lowest BCUT2D eigenvalue weighted by Crippen LogP contribution is -2.35. The number of fused-ring (bicyclic) bond motifs is 1. The Kier molecular flexibility index (Phi) is 7.82. The lowest BCUT2D eigenvalue weighted by Gasteiger charge is -2.27. The maximum atomic E-state index is 12.5. The quantitative estimate of drug-likeness (QED) is 0.401. The molecule has 1 aromatic carbocycles. The number of carbonyl (C=O) groups is 2. The third-order valence-corrected chi connectivity index (χ3v) is 7.01. The number of alkyl halides is 3. The van der Waals surface area contributed by atoms with Crippen molar-refractivity contribution in [3.05, 3.63) is 59.8 Å². The Morgan fingerprint density at radius 1 is 1.15 bits per heavy atom. The molecule has 0 spiro atoms. The molecule has 1 unspecified atom stereocenters. The fourth-order valence-electron chi connectivity index (χ4n) is 4.82. The Hall–Kier alpha value is -3.93. The molecule has 2 aliphatic heterocycles. The summed E-state index contributed by atoms with van der Waals surface area (Å²) in [6.07, 6.45) is -0.774. The van der Waals surface area contributed by atoms with Gasteiger partial charge < -0.3 is 20.9 Å². The number of hydrogen-bond acceptors (Lipinski definition) is 6. The molecule has 2 aromatic heterocycles. The van der Waals surface area contributed by atoms with Crippen LogP contribution in [0.2, 0.25) is 0 Å². The summed E-state index contributed by atoms with van der Waals surface area (Å²) in [5.41, 5.74) is 3.74. The fourth-order valence-corrected chi connectivity index (χ4v) is 4.82. The molecule has 0 bridgehead atoms. The Morgan fingerprint density at radius 3 is 2.67 bits per heavy atom. The summed E-state index contributed by atoms with van der Waals surface area (Å²) < 4.78 is 39.0. The summed E-state index contributed by atoms with van der Waals surface area (Å²) in [6.45, 7) is 3.18. The molecule has 2 aliphatic rings. The first-order chi connectivity index (χ1) is 18.7. The molecule has 1 fully saturated rings. The first-order valence-corrected chi connectivity index (χ1v) is 13.0. The Bertz CT molecular complexity index is 1360. The third kappa shape index (κ3) is 6.75. The monoisotopic (exact) mass is 541 g/mol. The van der Waals surface area contributed by atoms with Gasteiger partial charge >= 0.3 is 6.18 Å². The van der Waals surface area contributed by atoms with E-state index in [4.69, 9.17) is 0 Å². The molecule has 4 heterocycles. The molecule has 0 radical (unpaired) electrons. The van der Waals surface area contributed by atoms with Gasteiger partial charge in [-0.15, -0.1) is 5.10 Å². The van der Waals surface area contributed by atoms with E-state index in [0.29, 0.717) is 42.6 Å². The van der Waals surface area contributed by atoms with Gasteiger partial charge in [0.2, 0.25) is 11.9 Å².